The van der Waals surface area contributed by atoms with E-state index in [1.807, 2.05) is 6.07 Å². The number of amides is 1. The molecule has 3 fully saturated rings. The van der Waals surface area contributed by atoms with Gasteiger partial charge in [-0.25, -0.2) is 0 Å². The van der Waals surface area contributed by atoms with Crippen molar-refractivity contribution >= 4 is 35.1 Å². The summed E-state index contributed by atoms with van der Waals surface area (Å²) in [6.45, 7) is 0. The topological polar surface area (TPSA) is 64.9 Å². The van der Waals surface area contributed by atoms with E-state index in [0.29, 0.717) is 22.9 Å². The quantitative estimate of drug-likeness (QED) is 0.554. The first-order chi connectivity index (χ1) is 11.7. The minimum Gasteiger partial charge on any atom is -0.346 e. The molecule has 0 spiro atoms. The van der Waals surface area contributed by atoms with Crippen LogP contribution in [0.1, 0.15) is 36.0 Å². The van der Waals surface area contributed by atoms with Gasteiger partial charge in [-0.1, -0.05) is 23.5 Å². The van der Waals surface area contributed by atoms with Crippen molar-refractivity contribution in [2.45, 2.75) is 37.4 Å². The van der Waals surface area contributed by atoms with E-state index in [4.69, 9.17) is 16.9 Å². The third-order valence-electron chi connectivity index (χ3n) is 4.73. The van der Waals surface area contributed by atoms with Crippen LogP contribution in [0.3, 0.4) is 0 Å². The highest BCUT2D eigenvalue weighted by molar-refractivity contribution is 8.00. The van der Waals surface area contributed by atoms with Crippen molar-refractivity contribution in [2.75, 3.05) is 10.5 Å². The molecule has 2 bridgehead atoms. The van der Waals surface area contributed by atoms with Crippen LogP contribution in [0.2, 0.25) is 5.02 Å². The number of nitrogens with one attached hydrogen (secondary N) is 2. The molecule has 0 heterocycles. The Morgan fingerprint density at radius 2 is 2.04 bits per heavy atom. The second-order valence-electron chi connectivity index (χ2n) is 6.59. The fourth-order valence-electron chi connectivity index (χ4n) is 3.55. The number of hydrogen-bond acceptors (Lipinski definition) is 4. The van der Waals surface area contributed by atoms with Crippen LogP contribution in [0.4, 0.5) is 18.9 Å². The van der Waals surface area contributed by atoms with E-state index in [1.54, 1.807) is 12.1 Å². The Labute approximate surface area is 152 Å². The van der Waals surface area contributed by atoms with Crippen LogP contribution in [0.15, 0.2) is 18.2 Å². The number of anilines is 1. The highest BCUT2D eigenvalue weighted by Crippen LogP contribution is 2.73. The Balaban J connectivity index is 1.65. The Morgan fingerprint density at radius 3 is 2.64 bits per heavy atom. The van der Waals surface area contributed by atoms with Gasteiger partial charge < -0.3 is 10.0 Å². The van der Waals surface area contributed by atoms with Gasteiger partial charge in [0.25, 0.3) is 5.91 Å². The SMILES string of the molecule is N#CCCSNc1ccc(Cl)cc1C(=O)NC12CC(C(F)(F)F)(C1)C2. The van der Waals surface area contributed by atoms with E-state index < -0.39 is 23.0 Å². The standard InChI is InChI=1S/C16H15ClF3N3OS/c17-10-2-3-12(23-25-5-1-4-21)11(6-10)13(24)22-15-7-14(8-15,9-15)16(18,19)20/h2-3,6,23H,1,5,7-9H2,(H,22,24). The lowest BCUT2D eigenvalue weighted by molar-refractivity contribution is -0.336. The molecule has 0 aliphatic heterocycles. The summed E-state index contributed by atoms with van der Waals surface area (Å²) in [6, 6.07) is 6.75. The highest BCUT2D eigenvalue weighted by Gasteiger charge is 2.79. The molecule has 3 saturated carbocycles. The lowest BCUT2D eigenvalue weighted by Crippen LogP contribution is -2.78. The van der Waals surface area contributed by atoms with E-state index >= 15 is 0 Å². The molecule has 0 saturated heterocycles. The number of carbonyl (C=O) groups is 1. The Kier molecular flexibility index (Phi) is 4.58. The number of benzene rings is 1. The first-order valence-electron chi connectivity index (χ1n) is 7.64. The van der Waals surface area contributed by atoms with Crippen molar-refractivity contribution in [2.24, 2.45) is 5.41 Å². The summed E-state index contributed by atoms with van der Waals surface area (Å²) in [5, 5.41) is 11.6. The van der Waals surface area contributed by atoms with Crippen molar-refractivity contribution in [3.05, 3.63) is 28.8 Å². The molecule has 0 unspecified atom stereocenters. The molecular weight excluding hydrogens is 375 g/mol. The predicted molar refractivity (Wildman–Crippen MR) is 90.3 cm³/mol. The first-order valence-corrected chi connectivity index (χ1v) is 9.00. The molecule has 0 radical (unpaired) electrons. The molecule has 4 rings (SSSR count). The van der Waals surface area contributed by atoms with Gasteiger partial charge in [-0.15, -0.1) is 0 Å². The van der Waals surface area contributed by atoms with Crippen molar-refractivity contribution in [3.8, 4) is 6.07 Å². The fraction of sp³-hybridized carbons (Fsp3) is 0.500. The summed E-state index contributed by atoms with van der Waals surface area (Å²) in [7, 11) is 0. The second-order valence-corrected chi connectivity index (χ2v) is 7.93. The molecule has 1 amide bonds. The molecule has 134 valence electrons. The first kappa shape index (κ1) is 18.2. The molecule has 9 heteroatoms. The molecule has 4 nitrogen and oxygen atoms in total. The van der Waals surface area contributed by atoms with Gasteiger partial charge in [0.05, 0.1) is 22.7 Å². The Hall–Kier alpha value is -1.59. The molecule has 2 N–H and O–H groups in total. The number of nitrogens with zero attached hydrogens (tertiary/aromatic N) is 1. The van der Waals surface area contributed by atoms with Gasteiger partial charge in [-0.3, -0.25) is 4.79 Å². The zero-order valence-electron chi connectivity index (χ0n) is 13.0. The number of rotatable bonds is 6. The van der Waals surface area contributed by atoms with E-state index in [9.17, 15) is 18.0 Å². The van der Waals surface area contributed by atoms with Crippen molar-refractivity contribution in [1.82, 2.24) is 5.32 Å². The summed E-state index contributed by atoms with van der Waals surface area (Å²) in [5.41, 5.74) is -1.56. The minimum absolute atomic E-state index is 0.0600. The smallest absolute Gasteiger partial charge is 0.346 e. The Bertz CT molecular complexity index is 727. The predicted octanol–water partition coefficient (Wildman–Crippen LogP) is 4.53. The summed E-state index contributed by atoms with van der Waals surface area (Å²) >= 11 is 7.22. The maximum atomic E-state index is 12.9. The molecule has 3 aliphatic carbocycles. The van der Waals surface area contributed by atoms with Gasteiger partial charge in [-0.05, 0) is 37.5 Å². The van der Waals surface area contributed by atoms with Crippen LogP contribution >= 0.6 is 23.5 Å². The van der Waals surface area contributed by atoms with Gasteiger partial charge in [0, 0.05) is 22.7 Å². The maximum absolute atomic E-state index is 12.9. The third kappa shape index (κ3) is 3.27. The lowest BCUT2D eigenvalue weighted by Gasteiger charge is -2.70. The third-order valence-corrected chi connectivity index (χ3v) is 5.74. The molecule has 1 aromatic carbocycles. The van der Waals surface area contributed by atoms with E-state index in [-0.39, 0.29) is 24.8 Å². The molecule has 25 heavy (non-hydrogen) atoms. The fourth-order valence-corrected chi connectivity index (χ4v) is 4.35. The average Bonchev–Trinajstić information content (AvgIpc) is 2.45. The lowest BCUT2D eigenvalue weighted by atomic mass is 9.39. The van der Waals surface area contributed by atoms with Crippen LogP contribution in [-0.4, -0.2) is 23.4 Å². The van der Waals surface area contributed by atoms with Crippen molar-refractivity contribution in [3.63, 3.8) is 0 Å². The highest BCUT2D eigenvalue weighted by atomic mass is 35.5. The van der Waals surface area contributed by atoms with Gasteiger partial charge in [-0.2, -0.15) is 18.4 Å². The zero-order chi connectivity index (χ0) is 18.3. The monoisotopic (exact) mass is 389 g/mol. The van der Waals surface area contributed by atoms with Gasteiger partial charge >= 0.3 is 6.18 Å². The molecule has 3 aliphatic rings. The normalized spacial score (nSPS) is 26.8. The van der Waals surface area contributed by atoms with Gasteiger partial charge in [0.15, 0.2) is 0 Å². The Morgan fingerprint density at radius 1 is 1.36 bits per heavy atom. The van der Waals surface area contributed by atoms with Crippen LogP contribution in [0.5, 0.6) is 0 Å². The van der Waals surface area contributed by atoms with Crippen molar-refractivity contribution in [1.29, 1.82) is 5.26 Å². The second kappa shape index (κ2) is 6.29. The molecule has 0 atom stereocenters. The minimum atomic E-state index is -4.21. The van der Waals surface area contributed by atoms with Crippen LogP contribution in [0.25, 0.3) is 0 Å². The summed E-state index contributed by atoms with van der Waals surface area (Å²) in [4.78, 5) is 12.5. The number of alkyl halides is 3. The zero-order valence-corrected chi connectivity index (χ0v) is 14.6. The van der Waals surface area contributed by atoms with Gasteiger partial charge in [0.2, 0.25) is 0 Å². The molecule has 1 aromatic rings. The maximum Gasteiger partial charge on any atom is 0.394 e. The molecular formula is C16H15ClF3N3OS. The summed E-state index contributed by atoms with van der Waals surface area (Å²) in [5.74, 6) is 0.0967. The summed E-state index contributed by atoms with van der Waals surface area (Å²) < 4.78 is 41.7. The largest absolute Gasteiger partial charge is 0.394 e. The number of hydrogen-bond donors (Lipinski definition) is 2. The van der Waals surface area contributed by atoms with Crippen LogP contribution < -0.4 is 10.0 Å². The average molecular weight is 390 g/mol. The molecule has 0 aromatic heterocycles. The number of halogens is 4. The van der Waals surface area contributed by atoms with Crippen molar-refractivity contribution < 1.29 is 18.0 Å². The van der Waals surface area contributed by atoms with E-state index in [2.05, 4.69) is 10.0 Å². The number of nitriles is 1. The van der Waals surface area contributed by atoms with E-state index in [1.165, 1.54) is 18.0 Å². The van der Waals surface area contributed by atoms with Crippen LogP contribution in [0, 0.1) is 16.7 Å². The van der Waals surface area contributed by atoms with Gasteiger partial charge in [0.1, 0.15) is 0 Å². The summed E-state index contributed by atoms with van der Waals surface area (Å²) in [6.07, 6.45) is -4.03. The van der Waals surface area contributed by atoms with Crippen LogP contribution in [-0.2, 0) is 0 Å². The van der Waals surface area contributed by atoms with E-state index in [0.717, 1.165) is 0 Å². The number of carbonyl (C=O) groups excluding carboxylic acids is 1.